The first-order chi connectivity index (χ1) is 9.72. The minimum atomic E-state index is 0.639. The van der Waals surface area contributed by atoms with Crippen molar-refractivity contribution in [1.29, 1.82) is 0 Å². The van der Waals surface area contributed by atoms with Gasteiger partial charge in [0.2, 0.25) is 0 Å². The van der Waals surface area contributed by atoms with Gasteiger partial charge in [0, 0.05) is 32.2 Å². The number of nitrogens with one attached hydrogen (secondary N) is 1. The van der Waals surface area contributed by atoms with E-state index in [2.05, 4.69) is 40.4 Å². The molecule has 2 fully saturated rings. The van der Waals surface area contributed by atoms with Crippen LogP contribution in [0.15, 0.2) is 18.2 Å². The average molecular weight is 294 g/mol. The summed E-state index contributed by atoms with van der Waals surface area (Å²) in [5, 5.41) is 4.46. The Morgan fingerprint density at radius 2 is 2.05 bits per heavy atom. The quantitative estimate of drug-likeness (QED) is 0.923. The summed E-state index contributed by atoms with van der Waals surface area (Å²) in [5.41, 5.74) is 2.55. The zero-order chi connectivity index (χ0) is 13.9. The number of likely N-dealkylation sites (N-methyl/N-ethyl adjacent to an activating group) is 1. The number of hydrogen-bond acceptors (Lipinski definition) is 3. The molecule has 20 heavy (non-hydrogen) atoms. The molecule has 1 N–H and O–H groups in total. The first kappa shape index (κ1) is 14.2. The second-order valence-corrected chi connectivity index (χ2v) is 6.48. The molecule has 0 aliphatic carbocycles. The van der Waals surface area contributed by atoms with Crippen LogP contribution in [-0.2, 0) is 6.42 Å². The molecule has 0 amide bonds. The second-order valence-electron chi connectivity index (χ2n) is 6.07. The van der Waals surface area contributed by atoms with E-state index >= 15 is 0 Å². The summed E-state index contributed by atoms with van der Waals surface area (Å²) >= 11 is 6.51. The monoisotopic (exact) mass is 293 g/mol. The van der Waals surface area contributed by atoms with Crippen molar-refractivity contribution in [3.8, 4) is 0 Å². The van der Waals surface area contributed by atoms with Gasteiger partial charge in [-0.15, -0.1) is 0 Å². The van der Waals surface area contributed by atoms with Crippen molar-refractivity contribution >= 4 is 17.3 Å². The molecule has 4 heteroatoms. The summed E-state index contributed by atoms with van der Waals surface area (Å²) in [6.07, 6.45) is 3.69. The molecule has 1 atom stereocenters. The summed E-state index contributed by atoms with van der Waals surface area (Å²) in [4.78, 5) is 4.77. The molecule has 0 saturated carbocycles. The van der Waals surface area contributed by atoms with Crippen LogP contribution in [0.4, 0.5) is 5.69 Å². The van der Waals surface area contributed by atoms with E-state index in [1.54, 1.807) is 0 Å². The van der Waals surface area contributed by atoms with Crippen LogP contribution >= 0.6 is 11.6 Å². The van der Waals surface area contributed by atoms with E-state index in [0.29, 0.717) is 6.04 Å². The number of hydrogen-bond donors (Lipinski definition) is 1. The molecule has 3 nitrogen and oxygen atoms in total. The SMILES string of the molecule is CN1CCN(c2ccc(CC3CCCN3)cc2Cl)CC1. The van der Waals surface area contributed by atoms with Gasteiger partial charge in [-0.3, -0.25) is 0 Å². The van der Waals surface area contributed by atoms with E-state index in [4.69, 9.17) is 11.6 Å². The van der Waals surface area contributed by atoms with Crippen molar-refractivity contribution in [2.45, 2.75) is 25.3 Å². The third-order valence-electron chi connectivity index (χ3n) is 4.50. The predicted molar refractivity (Wildman–Crippen MR) is 85.9 cm³/mol. The van der Waals surface area contributed by atoms with Crippen molar-refractivity contribution in [3.63, 3.8) is 0 Å². The molecular formula is C16H24ClN3. The van der Waals surface area contributed by atoms with Gasteiger partial charge in [0.15, 0.2) is 0 Å². The summed E-state index contributed by atoms with van der Waals surface area (Å²) in [6.45, 7) is 5.53. The zero-order valence-electron chi connectivity index (χ0n) is 12.2. The molecule has 0 bridgehead atoms. The molecule has 110 valence electrons. The van der Waals surface area contributed by atoms with Crippen LogP contribution in [-0.4, -0.2) is 50.7 Å². The van der Waals surface area contributed by atoms with E-state index in [1.165, 1.54) is 24.1 Å². The molecule has 1 unspecified atom stereocenters. The molecule has 2 heterocycles. The fourth-order valence-corrected chi connectivity index (χ4v) is 3.52. The molecule has 2 aliphatic heterocycles. The van der Waals surface area contributed by atoms with Crippen molar-refractivity contribution in [2.24, 2.45) is 0 Å². The molecule has 3 rings (SSSR count). The Bertz CT molecular complexity index is 449. The van der Waals surface area contributed by atoms with Crippen LogP contribution < -0.4 is 10.2 Å². The first-order valence-electron chi connectivity index (χ1n) is 7.68. The lowest BCUT2D eigenvalue weighted by Crippen LogP contribution is -2.44. The smallest absolute Gasteiger partial charge is 0.0642 e. The van der Waals surface area contributed by atoms with E-state index in [1.807, 2.05) is 0 Å². The van der Waals surface area contributed by atoms with Gasteiger partial charge in [-0.25, -0.2) is 0 Å². The molecule has 0 spiro atoms. The molecule has 2 saturated heterocycles. The molecule has 1 aromatic carbocycles. The first-order valence-corrected chi connectivity index (χ1v) is 8.05. The lowest BCUT2D eigenvalue weighted by atomic mass is 10.0. The van der Waals surface area contributed by atoms with Gasteiger partial charge < -0.3 is 15.1 Å². The Balaban J connectivity index is 1.67. The van der Waals surface area contributed by atoms with E-state index < -0.39 is 0 Å². The van der Waals surface area contributed by atoms with Gasteiger partial charge in [-0.2, -0.15) is 0 Å². The molecule has 2 aliphatic rings. The van der Waals surface area contributed by atoms with Crippen LogP contribution in [0.25, 0.3) is 0 Å². The van der Waals surface area contributed by atoms with E-state index in [-0.39, 0.29) is 0 Å². The molecule has 0 aromatic heterocycles. The number of piperazine rings is 1. The highest BCUT2D eigenvalue weighted by Crippen LogP contribution is 2.28. The maximum atomic E-state index is 6.51. The van der Waals surface area contributed by atoms with E-state index in [0.717, 1.165) is 44.2 Å². The van der Waals surface area contributed by atoms with Gasteiger partial charge in [0.25, 0.3) is 0 Å². The highest BCUT2D eigenvalue weighted by molar-refractivity contribution is 6.33. The Morgan fingerprint density at radius 3 is 2.70 bits per heavy atom. The number of halogens is 1. The van der Waals surface area contributed by atoms with Gasteiger partial charge in [0.05, 0.1) is 10.7 Å². The number of benzene rings is 1. The maximum absolute atomic E-state index is 6.51. The van der Waals surface area contributed by atoms with Gasteiger partial charge >= 0.3 is 0 Å². The largest absolute Gasteiger partial charge is 0.368 e. The fourth-order valence-electron chi connectivity index (χ4n) is 3.20. The van der Waals surface area contributed by atoms with E-state index in [9.17, 15) is 0 Å². The average Bonchev–Trinajstić information content (AvgIpc) is 2.93. The predicted octanol–water partition coefficient (Wildman–Crippen LogP) is 2.39. The zero-order valence-corrected chi connectivity index (χ0v) is 13.0. The Hall–Kier alpha value is -0.770. The minimum absolute atomic E-state index is 0.639. The van der Waals surface area contributed by atoms with Crippen LogP contribution in [0.1, 0.15) is 18.4 Å². The Labute approximate surface area is 126 Å². The number of nitrogens with zero attached hydrogens (tertiary/aromatic N) is 2. The van der Waals surface area contributed by atoms with Crippen LogP contribution in [0.3, 0.4) is 0 Å². The Kier molecular flexibility index (Phi) is 4.49. The van der Waals surface area contributed by atoms with Crippen LogP contribution in [0, 0.1) is 0 Å². The van der Waals surface area contributed by atoms with Gasteiger partial charge in [-0.05, 0) is 50.6 Å². The minimum Gasteiger partial charge on any atom is -0.368 e. The Morgan fingerprint density at radius 1 is 1.25 bits per heavy atom. The van der Waals surface area contributed by atoms with Crippen LogP contribution in [0.2, 0.25) is 5.02 Å². The standard InChI is InChI=1S/C16H24ClN3/c1-19-7-9-20(10-8-19)16-5-4-13(12-15(16)17)11-14-3-2-6-18-14/h4-5,12,14,18H,2-3,6-11H2,1H3. The topological polar surface area (TPSA) is 18.5 Å². The third-order valence-corrected chi connectivity index (χ3v) is 4.80. The van der Waals surface area contributed by atoms with Crippen LogP contribution in [0.5, 0.6) is 0 Å². The van der Waals surface area contributed by atoms with Crippen molar-refractivity contribution in [2.75, 3.05) is 44.7 Å². The summed E-state index contributed by atoms with van der Waals surface area (Å²) in [5.74, 6) is 0. The van der Waals surface area contributed by atoms with Crippen molar-refractivity contribution in [1.82, 2.24) is 10.2 Å². The third kappa shape index (κ3) is 3.27. The van der Waals surface area contributed by atoms with Gasteiger partial charge in [-0.1, -0.05) is 17.7 Å². The number of anilines is 1. The summed E-state index contributed by atoms with van der Waals surface area (Å²) < 4.78 is 0. The summed E-state index contributed by atoms with van der Waals surface area (Å²) in [7, 11) is 2.18. The lowest BCUT2D eigenvalue weighted by molar-refractivity contribution is 0.313. The molecule has 0 radical (unpaired) electrons. The van der Waals surface area contributed by atoms with Gasteiger partial charge in [0.1, 0.15) is 0 Å². The maximum Gasteiger partial charge on any atom is 0.0642 e. The number of rotatable bonds is 3. The second kappa shape index (κ2) is 6.33. The highest BCUT2D eigenvalue weighted by atomic mass is 35.5. The molecular weight excluding hydrogens is 270 g/mol. The summed E-state index contributed by atoms with van der Waals surface area (Å²) in [6, 6.07) is 7.26. The highest BCUT2D eigenvalue weighted by Gasteiger charge is 2.18. The molecule has 1 aromatic rings. The van der Waals surface area contributed by atoms with Crippen molar-refractivity contribution in [3.05, 3.63) is 28.8 Å². The fraction of sp³-hybridized carbons (Fsp3) is 0.625. The lowest BCUT2D eigenvalue weighted by Gasteiger charge is -2.34. The van der Waals surface area contributed by atoms with Crippen molar-refractivity contribution < 1.29 is 0 Å². The normalized spacial score (nSPS) is 24.3.